The fourth-order valence-corrected chi connectivity index (χ4v) is 7.39. The van der Waals surface area contributed by atoms with E-state index >= 15 is 0 Å². The van der Waals surface area contributed by atoms with Crippen molar-refractivity contribution in [3.8, 4) is 0 Å². The van der Waals surface area contributed by atoms with Crippen LogP contribution < -0.4 is 24.8 Å². The molecule has 0 aliphatic heterocycles. The van der Waals surface area contributed by atoms with Crippen LogP contribution in [0.5, 0.6) is 0 Å². The van der Waals surface area contributed by atoms with Gasteiger partial charge in [0, 0.05) is 0 Å². The van der Waals surface area contributed by atoms with Gasteiger partial charge in [-0.3, -0.25) is 0 Å². The molecule has 2 aliphatic rings. The molecule has 24 heavy (non-hydrogen) atoms. The molecule has 0 amide bonds. The zero-order chi connectivity index (χ0) is 15.6. The third kappa shape index (κ3) is 5.81. The first-order chi connectivity index (χ1) is 10.5. The average Bonchev–Trinajstić information content (AvgIpc) is 3.07. The van der Waals surface area contributed by atoms with Crippen molar-refractivity contribution in [1.82, 2.24) is 0 Å². The molecule has 0 saturated carbocycles. The number of rotatable bonds is 6. The van der Waals surface area contributed by atoms with Gasteiger partial charge in [-0.05, 0) is 0 Å². The van der Waals surface area contributed by atoms with Crippen LogP contribution >= 0.6 is 0 Å². The molecule has 0 N–H and O–H groups in total. The van der Waals surface area contributed by atoms with Gasteiger partial charge in [0.05, 0.1) is 0 Å². The molecule has 0 aromatic heterocycles. The van der Waals surface area contributed by atoms with Crippen LogP contribution in [-0.4, -0.2) is 14.9 Å². The second-order valence-electron chi connectivity index (χ2n) is 6.98. The Hall–Kier alpha value is 0.0800. The van der Waals surface area contributed by atoms with Crippen molar-refractivity contribution < 1.29 is 52.5 Å². The summed E-state index contributed by atoms with van der Waals surface area (Å²) in [5.74, 6) is 0.612. The van der Waals surface area contributed by atoms with Gasteiger partial charge < -0.3 is 24.8 Å². The summed E-state index contributed by atoms with van der Waals surface area (Å²) in [4.78, 5) is 0. The molecule has 5 heteroatoms. The van der Waals surface area contributed by atoms with Crippen molar-refractivity contribution in [1.29, 1.82) is 0 Å². The minimum Gasteiger partial charge on any atom is -1.00 e. The Bertz CT molecular complexity index is 647. The average molecular weight is 459 g/mol. The molecule has 128 valence electrons. The SMILES string of the molecule is C[Si](C)(C)OCCC1[C]([Zr+2][C]2=CC=CC2)=Cc2ccccc21.[Cl-].[Cl-]. The Kier molecular flexibility index (Phi) is 8.93. The van der Waals surface area contributed by atoms with Crippen LogP contribution in [0.2, 0.25) is 19.6 Å². The summed E-state index contributed by atoms with van der Waals surface area (Å²) in [7, 11) is -1.41. The van der Waals surface area contributed by atoms with E-state index < -0.39 is 31.6 Å². The Morgan fingerprint density at radius 3 is 2.58 bits per heavy atom. The Balaban J connectivity index is 0.00000144. The number of hydrogen-bond acceptors (Lipinski definition) is 1. The van der Waals surface area contributed by atoms with Crippen LogP contribution in [0.1, 0.15) is 29.9 Å². The molecule has 0 fully saturated rings. The first kappa shape index (κ1) is 22.1. The summed E-state index contributed by atoms with van der Waals surface area (Å²) in [6.07, 6.45) is 11.7. The van der Waals surface area contributed by atoms with Crippen molar-refractivity contribution in [2.45, 2.75) is 38.4 Å². The normalized spacial score (nSPS) is 18.0. The van der Waals surface area contributed by atoms with Crippen LogP contribution in [0.3, 0.4) is 0 Å². The van der Waals surface area contributed by atoms with Crippen molar-refractivity contribution in [2.75, 3.05) is 6.61 Å². The molecular weight excluding hydrogens is 434 g/mol. The molecule has 1 unspecified atom stereocenters. The van der Waals surface area contributed by atoms with E-state index in [4.69, 9.17) is 4.43 Å². The number of benzene rings is 1. The summed E-state index contributed by atoms with van der Waals surface area (Å²) in [5, 5.41) is 0. The van der Waals surface area contributed by atoms with E-state index in [1.807, 2.05) is 0 Å². The molecular formula is C19H24Cl2OSiZr. The second-order valence-corrected chi connectivity index (χ2v) is 15.1. The predicted octanol–water partition coefficient (Wildman–Crippen LogP) is -0.699. The molecule has 0 spiro atoms. The Labute approximate surface area is 171 Å². The maximum absolute atomic E-state index is 6.13. The monoisotopic (exact) mass is 456 g/mol. The Morgan fingerprint density at radius 2 is 1.92 bits per heavy atom. The predicted molar refractivity (Wildman–Crippen MR) is 92.9 cm³/mol. The van der Waals surface area contributed by atoms with E-state index in [9.17, 15) is 0 Å². The van der Waals surface area contributed by atoms with Crippen molar-refractivity contribution in [3.63, 3.8) is 0 Å². The fraction of sp³-hybridized carbons (Fsp3) is 0.368. The van der Waals surface area contributed by atoms with Gasteiger partial charge in [0.25, 0.3) is 0 Å². The van der Waals surface area contributed by atoms with Gasteiger partial charge in [-0.1, -0.05) is 0 Å². The van der Waals surface area contributed by atoms with Crippen LogP contribution in [0.25, 0.3) is 6.08 Å². The molecule has 3 rings (SSSR count). The molecule has 1 atom stereocenters. The fourth-order valence-electron chi connectivity index (χ4n) is 3.04. The van der Waals surface area contributed by atoms with E-state index in [2.05, 4.69) is 68.2 Å². The largest absolute Gasteiger partial charge is 1.00 e. The Morgan fingerprint density at radius 1 is 1.17 bits per heavy atom. The summed E-state index contributed by atoms with van der Waals surface area (Å²) in [6.45, 7) is 7.73. The van der Waals surface area contributed by atoms with Gasteiger partial charge in [-0.15, -0.1) is 0 Å². The molecule has 0 saturated heterocycles. The molecule has 1 nitrogen and oxygen atoms in total. The zero-order valence-corrected chi connectivity index (χ0v) is 19.5. The third-order valence-electron chi connectivity index (χ3n) is 4.08. The topological polar surface area (TPSA) is 9.23 Å². The summed E-state index contributed by atoms with van der Waals surface area (Å²) in [6, 6.07) is 8.94. The van der Waals surface area contributed by atoms with Gasteiger partial charge in [0.2, 0.25) is 0 Å². The summed E-state index contributed by atoms with van der Waals surface area (Å²) >= 11 is -0.608. The molecule has 0 heterocycles. The van der Waals surface area contributed by atoms with Gasteiger partial charge in [-0.2, -0.15) is 0 Å². The van der Waals surface area contributed by atoms with Gasteiger partial charge in [0.15, 0.2) is 0 Å². The number of hydrogen-bond donors (Lipinski definition) is 0. The standard InChI is InChI=1S/C14H19OSi.C5H5.2ClH.Zr/c1-16(2,3)15-11-10-13-9-8-12-6-4-5-7-14(12)13;1-2-4-5-3-1;;;/h4-8,13H,10-11H2,1-3H3;1-3H,4H2;2*1H;/q;;;;+2/p-2. The van der Waals surface area contributed by atoms with Crippen LogP contribution in [-0.2, 0) is 27.7 Å². The van der Waals surface area contributed by atoms with Crippen LogP contribution in [0, 0.1) is 0 Å². The minimum absolute atomic E-state index is 0. The van der Waals surface area contributed by atoms with E-state index in [-0.39, 0.29) is 24.8 Å². The maximum Gasteiger partial charge on any atom is -1.00 e. The minimum atomic E-state index is -1.41. The van der Waals surface area contributed by atoms with E-state index in [0.717, 1.165) is 13.0 Å². The van der Waals surface area contributed by atoms with Gasteiger partial charge in [0.1, 0.15) is 0 Å². The van der Waals surface area contributed by atoms with E-state index in [1.54, 1.807) is 6.56 Å². The van der Waals surface area contributed by atoms with E-state index in [0.29, 0.717) is 5.92 Å². The quantitative estimate of drug-likeness (QED) is 0.513. The van der Waals surface area contributed by atoms with Gasteiger partial charge >= 0.3 is 147 Å². The summed E-state index contributed by atoms with van der Waals surface area (Å²) in [5.41, 5.74) is 2.98. The van der Waals surface area contributed by atoms with Crippen LogP contribution in [0.4, 0.5) is 0 Å². The van der Waals surface area contributed by atoms with Crippen molar-refractivity contribution >= 4 is 14.4 Å². The number of halogens is 2. The molecule has 1 aromatic rings. The maximum atomic E-state index is 6.13. The van der Waals surface area contributed by atoms with Crippen molar-refractivity contribution in [3.05, 3.63) is 60.2 Å². The smallest absolute Gasteiger partial charge is 1.00 e. The first-order valence-corrected chi connectivity index (χ1v) is 14.0. The number of allylic oxidation sites excluding steroid dienone is 5. The molecule has 0 bridgehead atoms. The molecule has 2 aliphatic carbocycles. The second kappa shape index (κ2) is 9.69. The third-order valence-corrected chi connectivity index (χ3v) is 8.77. The van der Waals surface area contributed by atoms with Gasteiger partial charge in [-0.25, -0.2) is 0 Å². The first-order valence-electron chi connectivity index (χ1n) is 8.10. The zero-order valence-electron chi connectivity index (χ0n) is 14.5. The van der Waals surface area contributed by atoms with Crippen LogP contribution in [0.15, 0.2) is 49.1 Å². The van der Waals surface area contributed by atoms with Crippen molar-refractivity contribution in [2.24, 2.45) is 0 Å². The summed E-state index contributed by atoms with van der Waals surface area (Å²) < 4.78 is 9.57. The van der Waals surface area contributed by atoms with E-state index in [1.165, 1.54) is 17.5 Å². The number of fused-ring (bicyclic) bond motifs is 1. The molecule has 1 aromatic carbocycles. The molecule has 0 radical (unpaired) electrons.